The Labute approximate surface area is 182 Å². The second kappa shape index (κ2) is 8.51. The summed E-state index contributed by atoms with van der Waals surface area (Å²) in [4.78, 5) is 43.6. The molecule has 1 saturated heterocycles. The Bertz CT molecular complexity index is 985. The molecule has 162 valence electrons. The Morgan fingerprint density at radius 3 is 2.35 bits per heavy atom. The molecule has 31 heavy (non-hydrogen) atoms. The third-order valence-corrected chi connectivity index (χ3v) is 5.87. The predicted octanol–water partition coefficient (Wildman–Crippen LogP) is 2.32. The van der Waals surface area contributed by atoms with E-state index < -0.39 is 5.54 Å². The monoisotopic (exact) mass is 421 g/mol. The molecule has 1 N–H and O–H groups in total. The zero-order valence-electron chi connectivity index (χ0n) is 17.8. The lowest BCUT2D eigenvalue weighted by Crippen LogP contribution is -2.57. The number of fused-ring (bicyclic) bond motifs is 1. The van der Waals surface area contributed by atoms with E-state index in [4.69, 9.17) is 4.74 Å². The van der Waals surface area contributed by atoms with Crippen molar-refractivity contribution in [1.29, 1.82) is 0 Å². The topological polar surface area (TPSA) is 79.0 Å². The highest BCUT2D eigenvalue weighted by atomic mass is 16.5. The van der Waals surface area contributed by atoms with Gasteiger partial charge in [0.1, 0.15) is 0 Å². The molecule has 0 aliphatic carbocycles. The van der Waals surface area contributed by atoms with Crippen LogP contribution < -0.4 is 10.2 Å². The first-order valence-corrected chi connectivity index (χ1v) is 10.6. The molecule has 2 aromatic carbocycles. The molecule has 0 radical (unpaired) electrons. The molecular formula is C24H27N3O4. The van der Waals surface area contributed by atoms with Crippen molar-refractivity contribution in [1.82, 2.24) is 10.2 Å². The minimum absolute atomic E-state index is 0.123. The maximum atomic E-state index is 13.8. The summed E-state index contributed by atoms with van der Waals surface area (Å²) < 4.78 is 5.35. The normalized spacial score (nSPS) is 20.7. The molecule has 2 aromatic rings. The Morgan fingerprint density at radius 1 is 1.03 bits per heavy atom. The summed E-state index contributed by atoms with van der Waals surface area (Å²) in [5.74, 6) is -0.843. The van der Waals surface area contributed by atoms with Crippen LogP contribution in [0.4, 0.5) is 5.69 Å². The highest BCUT2D eigenvalue weighted by Crippen LogP contribution is 2.44. The number of nitrogens with one attached hydrogen (secondary N) is 1. The van der Waals surface area contributed by atoms with Crippen LogP contribution in [0.5, 0.6) is 0 Å². The quantitative estimate of drug-likeness (QED) is 0.804. The first-order chi connectivity index (χ1) is 14.9. The Kier molecular flexibility index (Phi) is 5.78. The van der Waals surface area contributed by atoms with Crippen molar-refractivity contribution in [3.63, 3.8) is 0 Å². The van der Waals surface area contributed by atoms with Crippen molar-refractivity contribution in [2.45, 2.75) is 31.8 Å². The highest BCUT2D eigenvalue weighted by Gasteiger charge is 2.54. The van der Waals surface area contributed by atoms with Gasteiger partial charge in [-0.05, 0) is 32.0 Å². The summed E-state index contributed by atoms with van der Waals surface area (Å²) >= 11 is 0. The molecular weight excluding hydrogens is 394 g/mol. The number of nitrogens with zero attached hydrogens (tertiary/aromatic N) is 2. The molecule has 1 fully saturated rings. The van der Waals surface area contributed by atoms with E-state index in [0.717, 1.165) is 5.69 Å². The van der Waals surface area contributed by atoms with E-state index >= 15 is 0 Å². The number of hydrogen-bond acceptors (Lipinski definition) is 4. The first-order valence-electron chi connectivity index (χ1n) is 10.6. The van der Waals surface area contributed by atoms with Gasteiger partial charge in [-0.2, -0.15) is 0 Å². The Morgan fingerprint density at radius 2 is 1.68 bits per heavy atom. The fourth-order valence-electron chi connectivity index (χ4n) is 4.33. The summed E-state index contributed by atoms with van der Waals surface area (Å²) in [6, 6.07) is 16.0. The van der Waals surface area contributed by atoms with Crippen LogP contribution in [0.1, 0.15) is 36.2 Å². The van der Waals surface area contributed by atoms with Crippen LogP contribution in [0.2, 0.25) is 0 Å². The molecule has 0 bridgehead atoms. The molecule has 1 unspecified atom stereocenters. The average molecular weight is 421 g/mol. The maximum Gasteiger partial charge on any atom is 0.258 e. The van der Waals surface area contributed by atoms with E-state index in [1.165, 1.54) is 0 Å². The summed E-state index contributed by atoms with van der Waals surface area (Å²) in [7, 11) is 0. The van der Waals surface area contributed by atoms with Gasteiger partial charge in [-0.3, -0.25) is 14.4 Å². The molecule has 3 amide bonds. The van der Waals surface area contributed by atoms with Gasteiger partial charge >= 0.3 is 0 Å². The van der Waals surface area contributed by atoms with Crippen molar-refractivity contribution >= 4 is 23.4 Å². The van der Waals surface area contributed by atoms with Crippen LogP contribution in [-0.2, 0) is 19.9 Å². The third kappa shape index (κ3) is 3.81. The maximum absolute atomic E-state index is 13.8. The van der Waals surface area contributed by atoms with Gasteiger partial charge in [-0.25, -0.2) is 0 Å². The standard InChI is InChI=1S/C24H27N3O4/c1-17(2)27-20-11-7-6-10-19(20)24(23(27)30,16-21(28)26-12-14-31-15-13-26)25-22(29)18-8-4-3-5-9-18/h3-11,17H,12-16H2,1-2H3,(H,25,29). The Hall–Kier alpha value is -3.19. The molecule has 1 atom stereocenters. The number of para-hydroxylation sites is 1. The average Bonchev–Trinajstić information content (AvgIpc) is 3.03. The second-order valence-corrected chi connectivity index (χ2v) is 8.18. The lowest BCUT2D eigenvalue weighted by Gasteiger charge is -2.34. The Balaban J connectivity index is 1.76. The van der Waals surface area contributed by atoms with Gasteiger partial charge in [0.25, 0.3) is 11.8 Å². The number of amides is 3. The highest BCUT2D eigenvalue weighted by molar-refractivity contribution is 6.12. The van der Waals surface area contributed by atoms with Crippen LogP contribution >= 0.6 is 0 Å². The number of hydrogen-bond donors (Lipinski definition) is 1. The zero-order chi connectivity index (χ0) is 22.0. The molecule has 0 saturated carbocycles. The van der Waals surface area contributed by atoms with Crippen molar-refractivity contribution < 1.29 is 19.1 Å². The lowest BCUT2D eigenvalue weighted by molar-refractivity contribution is -0.140. The molecule has 7 nitrogen and oxygen atoms in total. The van der Waals surface area contributed by atoms with Crippen molar-refractivity contribution in [2.75, 3.05) is 31.2 Å². The third-order valence-electron chi connectivity index (χ3n) is 5.87. The van der Waals surface area contributed by atoms with E-state index in [1.54, 1.807) is 34.1 Å². The van der Waals surface area contributed by atoms with E-state index in [2.05, 4.69) is 5.32 Å². The van der Waals surface area contributed by atoms with E-state index in [0.29, 0.717) is 37.4 Å². The first kappa shape index (κ1) is 21.1. The van der Waals surface area contributed by atoms with E-state index in [-0.39, 0.29) is 30.2 Å². The SMILES string of the molecule is CC(C)N1C(=O)C(CC(=O)N2CCOCC2)(NC(=O)c2ccccc2)c2ccccc21. The molecule has 2 aliphatic heterocycles. The number of morpholine rings is 1. The summed E-state index contributed by atoms with van der Waals surface area (Å²) in [5, 5.41) is 2.96. The van der Waals surface area contributed by atoms with Crippen molar-refractivity contribution in [3.05, 3.63) is 65.7 Å². The van der Waals surface area contributed by atoms with Crippen LogP contribution in [0.15, 0.2) is 54.6 Å². The number of ether oxygens (including phenoxy) is 1. The molecule has 4 rings (SSSR count). The minimum Gasteiger partial charge on any atom is -0.378 e. The molecule has 0 aromatic heterocycles. The summed E-state index contributed by atoms with van der Waals surface area (Å²) in [6.07, 6.45) is -0.134. The largest absolute Gasteiger partial charge is 0.378 e. The molecule has 2 heterocycles. The number of carbonyl (C=O) groups excluding carboxylic acids is 3. The van der Waals surface area contributed by atoms with Gasteiger partial charge in [-0.15, -0.1) is 0 Å². The summed E-state index contributed by atoms with van der Waals surface area (Å²) in [6.45, 7) is 5.74. The number of rotatable bonds is 5. The molecule has 7 heteroatoms. The predicted molar refractivity (Wildman–Crippen MR) is 117 cm³/mol. The van der Waals surface area contributed by atoms with Gasteiger partial charge in [0, 0.05) is 30.3 Å². The second-order valence-electron chi connectivity index (χ2n) is 8.18. The van der Waals surface area contributed by atoms with Crippen LogP contribution in [0.25, 0.3) is 0 Å². The summed E-state index contributed by atoms with van der Waals surface area (Å²) in [5.41, 5.74) is 0.364. The van der Waals surface area contributed by atoms with E-state index in [9.17, 15) is 14.4 Å². The fourth-order valence-corrected chi connectivity index (χ4v) is 4.33. The van der Waals surface area contributed by atoms with Gasteiger partial charge in [-0.1, -0.05) is 36.4 Å². The minimum atomic E-state index is -1.46. The van der Waals surface area contributed by atoms with Crippen molar-refractivity contribution in [2.24, 2.45) is 0 Å². The van der Waals surface area contributed by atoms with Crippen LogP contribution in [0.3, 0.4) is 0 Å². The van der Waals surface area contributed by atoms with E-state index in [1.807, 2.05) is 44.2 Å². The van der Waals surface area contributed by atoms with Gasteiger partial charge in [0.2, 0.25) is 5.91 Å². The lowest BCUT2D eigenvalue weighted by atomic mass is 9.86. The van der Waals surface area contributed by atoms with Gasteiger partial charge < -0.3 is 19.9 Å². The number of anilines is 1. The smallest absolute Gasteiger partial charge is 0.258 e. The van der Waals surface area contributed by atoms with Gasteiger partial charge in [0.05, 0.1) is 25.3 Å². The molecule has 2 aliphatic rings. The zero-order valence-corrected chi connectivity index (χ0v) is 17.8. The van der Waals surface area contributed by atoms with Crippen LogP contribution in [-0.4, -0.2) is 55.0 Å². The number of carbonyl (C=O) groups is 3. The number of benzene rings is 2. The molecule has 0 spiro atoms. The van der Waals surface area contributed by atoms with Gasteiger partial charge in [0.15, 0.2) is 5.54 Å². The fraction of sp³-hybridized carbons (Fsp3) is 0.375. The van der Waals surface area contributed by atoms with Crippen LogP contribution in [0, 0.1) is 0 Å². The van der Waals surface area contributed by atoms with Crippen molar-refractivity contribution in [3.8, 4) is 0 Å².